The van der Waals surface area contributed by atoms with Crippen molar-refractivity contribution < 1.29 is 10.0 Å². The maximum atomic E-state index is 8.53. The Morgan fingerprint density at radius 1 is 1.33 bits per heavy atom. The Morgan fingerprint density at radius 3 is 2.58 bits per heavy atom. The summed E-state index contributed by atoms with van der Waals surface area (Å²) in [4.78, 5) is 7.93. The van der Waals surface area contributed by atoms with E-state index in [9.17, 15) is 0 Å². The van der Waals surface area contributed by atoms with Crippen molar-refractivity contribution in [2.45, 2.75) is 11.5 Å². The summed E-state index contributed by atoms with van der Waals surface area (Å²) >= 11 is 1.41. The fourth-order valence-electron chi connectivity index (χ4n) is 0.616. The summed E-state index contributed by atoms with van der Waals surface area (Å²) in [6, 6.07) is 1.74. The van der Waals surface area contributed by atoms with Gasteiger partial charge in [-0.3, -0.25) is 0 Å². The van der Waals surface area contributed by atoms with Crippen LogP contribution in [0.4, 0.5) is 0 Å². The molecular weight excluding hydrogens is 175 g/mol. The van der Waals surface area contributed by atoms with Gasteiger partial charge in [0, 0.05) is 12.4 Å². The number of nitrogens with zero attached hydrogens (tertiary/aromatic N) is 2. The first-order chi connectivity index (χ1) is 5.79. The van der Waals surface area contributed by atoms with Crippen molar-refractivity contribution in [2.24, 2.45) is 0 Å². The molecule has 0 saturated heterocycles. The van der Waals surface area contributed by atoms with Crippen molar-refractivity contribution in [3.8, 4) is 0 Å². The lowest BCUT2D eigenvalue weighted by Gasteiger charge is -1.97. The standard InChI is InChI=1S/C6H9BN2O2S/c10-7(11)2-5-12-6-8-3-1-4-9-6/h1,3-4,10-11H,2,5H2. The van der Waals surface area contributed by atoms with Gasteiger partial charge in [-0.05, 0) is 18.1 Å². The molecule has 1 aromatic heterocycles. The summed E-state index contributed by atoms with van der Waals surface area (Å²) in [5, 5.41) is 17.7. The number of thioether (sulfide) groups is 1. The molecule has 0 aliphatic rings. The maximum Gasteiger partial charge on any atom is 0.452 e. The summed E-state index contributed by atoms with van der Waals surface area (Å²) in [7, 11) is -1.23. The average molecular weight is 184 g/mol. The van der Waals surface area contributed by atoms with Gasteiger partial charge in [-0.1, -0.05) is 11.8 Å². The Labute approximate surface area is 75.2 Å². The molecule has 1 rings (SSSR count). The van der Waals surface area contributed by atoms with Crippen molar-refractivity contribution in [1.29, 1.82) is 0 Å². The highest BCUT2D eigenvalue weighted by Crippen LogP contribution is 2.12. The zero-order valence-corrected chi connectivity index (χ0v) is 7.24. The van der Waals surface area contributed by atoms with Crippen molar-refractivity contribution in [2.75, 3.05) is 5.75 Å². The molecule has 0 unspecified atom stereocenters. The quantitative estimate of drug-likeness (QED) is 0.393. The second-order valence-electron chi connectivity index (χ2n) is 2.15. The van der Waals surface area contributed by atoms with Crippen LogP contribution in [0.15, 0.2) is 23.6 Å². The van der Waals surface area contributed by atoms with Gasteiger partial charge < -0.3 is 10.0 Å². The van der Waals surface area contributed by atoms with Gasteiger partial charge in [-0.15, -0.1) is 0 Å². The molecule has 12 heavy (non-hydrogen) atoms. The van der Waals surface area contributed by atoms with Gasteiger partial charge in [-0.25, -0.2) is 9.97 Å². The minimum absolute atomic E-state index is 0.336. The first-order valence-electron chi connectivity index (χ1n) is 3.55. The first kappa shape index (κ1) is 9.50. The van der Waals surface area contributed by atoms with Crippen molar-refractivity contribution in [3.05, 3.63) is 18.5 Å². The molecule has 0 bridgehead atoms. The van der Waals surface area contributed by atoms with Crippen LogP contribution in [0.1, 0.15) is 0 Å². The first-order valence-corrected chi connectivity index (χ1v) is 4.53. The van der Waals surface area contributed by atoms with Crippen LogP contribution >= 0.6 is 11.8 Å². The fourth-order valence-corrected chi connectivity index (χ4v) is 1.40. The summed E-state index contributed by atoms with van der Waals surface area (Å²) in [6.07, 6.45) is 3.65. The van der Waals surface area contributed by atoms with Crippen molar-refractivity contribution in [1.82, 2.24) is 9.97 Å². The Kier molecular flexibility index (Phi) is 4.06. The van der Waals surface area contributed by atoms with E-state index in [1.54, 1.807) is 18.5 Å². The smallest absolute Gasteiger partial charge is 0.427 e. The molecule has 1 heterocycles. The third kappa shape index (κ3) is 3.70. The molecule has 1 aromatic rings. The Morgan fingerprint density at radius 2 is 2.00 bits per heavy atom. The maximum absolute atomic E-state index is 8.53. The highest BCUT2D eigenvalue weighted by Gasteiger charge is 2.06. The number of hydrogen-bond acceptors (Lipinski definition) is 5. The van der Waals surface area contributed by atoms with Crippen molar-refractivity contribution >= 4 is 18.9 Å². The van der Waals surface area contributed by atoms with Crippen LogP contribution in [-0.2, 0) is 0 Å². The van der Waals surface area contributed by atoms with Gasteiger partial charge in [0.15, 0.2) is 5.16 Å². The zero-order valence-electron chi connectivity index (χ0n) is 6.42. The minimum Gasteiger partial charge on any atom is -0.427 e. The Bertz CT molecular complexity index is 222. The van der Waals surface area contributed by atoms with Crippen LogP contribution in [0.25, 0.3) is 0 Å². The Balaban J connectivity index is 2.25. The lowest BCUT2D eigenvalue weighted by Crippen LogP contribution is -2.10. The molecule has 0 aromatic carbocycles. The number of rotatable bonds is 4. The molecule has 4 nitrogen and oxygen atoms in total. The van der Waals surface area contributed by atoms with E-state index in [0.29, 0.717) is 17.2 Å². The zero-order chi connectivity index (χ0) is 8.81. The average Bonchev–Trinajstić information content (AvgIpc) is 2.05. The lowest BCUT2D eigenvalue weighted by atomic mass is 9.88. The minimum atomic E-state index is -1.23. The Hall–Kier alpha value is -0.585. The van der Waals surface area contributed by atoms with Crippen LogP contribution in [-0.4, -0.2) is 32.9 Å². The van der Waals surface area contributed by atoms with Crippen LogP contribution < -0.4 is 0 Å². The van der Waals surface area contributed by atoms with Crippen LogP contribution in [0.5, 0.6) is 0 Å². The molecule has 0 amide bonds. The molecular formula is C6H9BN2O2S. The van der Waals surface area contributed by atoms with E-state index in [2.05, 4.69) is 9.97 Å². The molecule has 0 aliphatic carbocycles. The van der Waals surface area contributed by atoms with Gasteiger partial charge in [0.1, 0.15) is 0 Å². The second-order valence-corrected chi connectivity index (χ2v) is 3.21. The number of aromatic nitrogens is 2. The van der Waals surface area contributed by atoms with Crippen LogP contribution in [0.3, 0.4) is 0 Å². The SMILES string of the molecule is OB(O)CCSc1ncccn1. The van der Waals surface area contributed by atoms with E-state index in [-0.39, 0.29) is 0 Å². The van der Waals surface area contributed by atoms with E-state index in [1.807, 2.05) is 0 Å². The van der Waals surface area contributed by atoms with Crippen LogP contribution in [0.2, 0.25) is 6.32 Å². The van der Waals surface area contributed by atoms with Gasteiger partial charge in [0.2, 0.25) is 0 Å². The number of hydrogen-bond donors (Lipinski definition) is 2. The summed E-state index contributed by atoms with van der Waals surface area (Å²) in [6.45, 7) is 0. The van der Waals surface area contributed by atoms with Gasteiger partial charge in [0.25, 0.3) is 0 Å². The predicted molar refractivity (Wildman–Crippen MR) is 47.8 cm³/mol. The molecule has 0 radical (unpaired) electrons. The third-order valence-electron chi connectivity index (χ3n) is 1.15. The molecule has 0 spiro atoms. The van der Waals surface area contributed by atoms with Crippen molar-refractivity contribution in [3.63, 3.8) is 0 Å². The third-order valence-corrected chi connectivity index (χ3v) is 2.06. The summed E-state index contributed by atoms with van der Waals surface area (Å²) < 4.78 is 0. The van der Waals surface area contributed by atoms with Gasteiger partial charge >= 0.3 is 7.12 Å². The highest BCUT2D eigenvalue weighted by molar-refractivity contribution is 7.99. The normalized spacial score (nSPS) is 9.83. The van der Waals surface area contributed by atoms with E-state index in [4.69, 9.17) is 10.0 Å². The predicted octanol–water partition coefficient (Wildman–Crippen LogP) is 0.0415. The molecule has 0 fully saturated rings. The van der Waals surface area contributed by atoms with E-state index < -0.39 is 7.12 Å². The fraction of sp³-hybridized carbons (Fsp3) is 0.333. The molecule has 6 heteroatoms. The van der Waals surface area contributed by atoms with Gasteiger partial charge in [-0.2, -0.15) is 0 Å². The van der Waals surface area contributed by atoms with E-state index in [0.717, 1.165) is 0 Å². The lowest BCUT2D eigenvalue weighted by molar-refractivity contribution is 0.408. The topological polar surface area (TPSA) is 66.2 Å². The molecule has 0 atom stereocenters. The molecule has 64 valence electrons. The van der Waals surface area contributed by atoms with Gasteiger partial charge in [0.05, 0.1) is 0 Å². The molecule has 0 aliphatic heterocycles. The second kappa shape index (κ2) is 5.13. The van der Waals surface area contributed by atoms with E-state index >= 15 is 0 Å². The monoisotopic (exact) mass is 184 g/mol. The molecule has 2 N–H and O–H groups in total. The largest absolute Gasteiger partial charge is 0.452 e. The molecule has 0 saturated carbocycles. The highest BCUT2D eigenvalue weighted by atomic mass is 32.2. The van der Waals surface area contributed by atoms with E-state index in [1.165, 1.54) is 11.8 Å². The summed E-state index contributed by atoms with van der Waals surface area (Å²) in [5.41, 5.74) is 0. The summed E-state index contributed by atoms with van der Waals surface area (Å²) in [5.74, 6) is 0.613. The van der Waals surface area contributed by atoms with Crippen LogP contribution in [0, 0.1) is 0 Å².